The first-order valence-electron chi connectivity index (χ1n) is 12.7. The van der Waals surface area contributed by atoms with Gasteiger partial charge in [-0.15, -0.1) is 0 Å². The molecule has 0 aliphatic heterocycles. The largest absolute Gasteiger partial charge is 0.364 e. The Balaban J connectivity index is 1.61. The molecule has 0 saturated heterocycles. The third-order valence-electron chi connectivity index (χ3n) is 5.80. The monoisotopic (exact) mass is 534 g/mol. The van der Waals surface area contributed by atoms with Crippen LogP contribution in [0.1, 0.15) is 96.8 Å². The number of aromatic nitrogens is 3. The number of nitrogens with one attached hydrogen (secondary N) is 2. The zero-order chi connectivity index (χ0) is 24.4. The Morgan fingerprint density at radius 1 is 0.824 bits per heavy atom. The molecule has 8 nitrogen and oxygen atoms in total. The van der Waals surface area contributed by atoms with Crippen molar-refractivity contribution in [3.05, 3.63) is 39.2 Å². The normalized spacial score (nSPS) is 10.9. The molecule has 0 saturated carbocycles. The molecular formula is C25H39BrN6O2. The Hall–Kier alpha value is -2.29. The van der Waals surface area contributed by atoms with Gasteiger partial charge >= 0.3 is 5.69 Å². The SMILES string of the molecule is CCCCCCCCCCCCCCCCNc1ncnc(Nc2ccc(Br)cn2)c1[N+](=O)[O-]. The highest BCUT2D eigenvalue weighted by Gasteiger charge is 2.23. The van der Waals surface area contributed by atoms with Crippen molar-refractivity contribution in [3.8, 4) is 0 Å². The first-order chi connectivity index (χ1) is 16.6. The van der Waals surface area contributed by atoms with E-state index in [0.29, 0.717) is 12.4 Å². The molecule has 0 aromatic carbocycles. The predicted molar refractivity (Wildman–Crippen MR) is 143 cm³/mol. The molecule has 2 N–H and O–H groups in total. The van der Waals surface area contributed by atoms with Gasteiger partial charge in [-0.2, -0.15) is 0 Å². The molecule has 0 radical (unpaired) electrons. The summed E-state index contributed by atoms with van der Waals surface area (Å²) in [6.07, 6.45) is 21.1. The highest BCUT2D eigenvalue weighted by Crippen LogP contribution is 2.30. The molecule has 9 heteroatoms. The topological polar surface area (TPSA) is 106 Å². The van der Waals surface area contributed by atoms with Crippen molar-refractivity contribution in [3.63, 3.8) is 0 Å². The van der Waals surface area contributed by atoms with Crippen LogP contribution >= 0.6 is 15.9 Å². The van der Waals surface area contributed by atoms with E-state index >= 15 is 0 Å². The molecule has 0 atom stereocenters. The lowest BCUT2D eigenvalue weighted by atomic mass is 10.0. The fraction of sp³-hybridized carbons (Fsp3) is 0.640. The van der Waals surface area contributed by atoms with Crippen LogP contribution in [0.2, 0.25) is 0 Å². The Labute approximate surface area is 212 Å². The first-order valence-corrected chi connectivity index (χ1v) is 13.5. The average Bonchev–Trinajstić information content (AvgIpc) is 2.83. The van der Waals surface area contributed by atoms with Gasteiger partial charge in [0.15, 0.2) is 0 Å². The molecule has 0 bridgehead atoms. The molecule has 188 valence electrons. The fourth-order valence-corrected chi connectivity index (χ4v) is 4.10. The van der Waals surface area contributed by atoms with E-state index in [1.54, 1.807) is 18.3 Å². The van der Waals surface area contributed by atoms with Crippen molar-refractivity contribution in [2.75, 3.05) is 17.2 Å². The molecule has 2 rings (SSSR count). The number of hydrogen-bond donors (Lipinski definition) is 2. The lowest BCUT2D eigenvalue weighted by Crippen LogP contribution is -2.09. The van der Waals surface area contributed by atoms with E-state index in [0.717, 1.165) is 17.3 Å². The van der Waals surface area contributed by atoms with Gasteiger partial charge in [0.25, 0.3) is 0 Å². The summed E-state index contributed by atoms with van der Waals surface area (Å²) in [5, 5.41) is 17.7. The van der Waals surface area contributed by atoms with Crippen molar-refractivity contribution in [2.45, 2.75) is 96.8 Å². The summed E-state index contributed by atoms with van der Waals surface area (Å²) >= 11 is 3.32. The van der Waals surface area contributed by atoms with Crippen LogP contribution in [0.5, 0.6) is 0 Å². The van der Waals surface area contributed by atoms with Crippen LogP contribution in [0.4, 0.5) is 23.1 Å². The van der Waals surface area contributed by atoms with Crippen LogP contribution in [0.15, 0.2) is 29.1 Å². The van der Waals surface area contributed by atoms with Gasteiger partial charge in [0.05, 0.1) is 4.92 Å². The molecule has 0 amide bonds. The Bertz CT molecular complexity index is 835. The van der Waals surface area contributed by atoms with Gasteiger partial charge in [0.1, 0.15) is 12.1 Å². The summed E-state index contributed by atoms with van der Waals surface area (Å²) in [5.74, 6) is 0.829. The van der Waals surface area contributed by atoms with E-state index in [2.05, 4.69) is 48.4 Å². The third kappa shape index (κ3) is 11.2. The maximum absolute atomic E-state index is 11.7. The standard InChI is InChI=1S/C25H39BrN6O2/c1-2-3-4-5-6-7-8-9-10-11-12-13-14-15-18-27-24-23(32(33)34)25(30-20-29-24)31-22-17-16-21(26)19-28-22/h16-17,19-20H,2-15,18H2,1H3,(H2,27,28,29,30,31). The van der Waals surface area contributed by atoms with E-state index in [4.69, 9.17) is 0 Å². The third-order valence-corrected chi connectivity index (χ3v) is 6.27. The molecular weight excluding hydrogens is 496 g/mol. The number of rotatable bonds is 19. The van der Waals surface area contributed by atoms with Crippen LogP contribution in [-0.4, -0.2) is 26.4 Å². The molecule has 2 aromatic heterocycles. The van der Waals surface area contributed by atoms with Gasteiger partial charge < -0.3 is 10.6 Å². The number of hydrogen-bond acceptors (Lipinski definition) is 7. The first kappa shape index (κ1) is 28.0. The second-order valence-electron chi connectivity index (χ2n) is 8.69. The lowest BCUT2D eigenvalue weighted by Gasteiger charge is -2.10. The van der Waals surface area contributed by atoms with Crippen molar-refractivity contribution in [1.29, 1.82) is 0 Å². The van der Waals surface area contributed by atoms with E-state index in [9.17, 15) is 10.1 Å². The minimum Gasteiger partial charge on any atom is -0.364 e. The minimum absolute atomic E-state index is 0.123. The highest BCUT2D eigenvalue weighted by atomic mass is 79.9. The Kier molecular flexibility index (Phi) is 14.1. The zero-order valence-electron chi connectivity index (χ0n) is 20.4. The van der Waals surface area contributed by atoms with Crippen LogP contribution in [0.25, 0.3) is 0 Å². The van der Waals surface area contributed by atoms with Gasteiger partial charge in [0.2, 0.25) is 11.6 Å². The molecule has 0 unspecified atom stereocenters. The second kappa shape index (κ2) is 17.2. The smallest absolute Gasteiger partial charge is 0.353 e. The predicted octanol–water partition coefficient (Wildman–Crippen LogP) is 8.18. The van der Waals surface area contributed by atoms with E-state index in [1.165, 1.54) is 83.4 Å². The van der Waals surface area contributed by atoms with Crippen molar-refractivity contribution < 1.29 is 4.92 Å². The van der Waals surface area contributed by atoms with Crippen LogP contribution in [-0.2, 0) is 0 Å². The van der Waals surface area contributed by atoms with Crippen molar-refractivity contribution in [1.82, 2.24) is 15.0 Å². The van der Waals surface area contributed by atoms with Crippen LogP contribution in [0, 0.1) is 10.1 Å². The highest BCUT2D eigenvalue weighted by molar-refractivity contribution is 9.10. The number of nitrogens with zero attached hydrogens (tertiary/aromatic N) is 4. The second-order valence-corrected chi connectivity index (χ2v) is 9.60. The van der Waals surface area contributed by atoms with Crippen LogP contribution < -0.4 is 10.6 Å². The van der Waals surface area contributed by atoms with Crippen molar-refractivity contribution in [2.24, 2.45) is 0 Å². The average molecular weight is 536 g/mol. The van der Waals surface area contributed by atoms with E-state index < -0.39 is 4.92 Å². The lowest BCUT2D eigenvalue weighted by molar-refractivity contribution is -0.383. The van der Waals surface area contributed by atoms with Gasteiger partial charge in [0, 0.05) is 17.2 Å². The summed E-state index contributed by atoms with van der Waals surface area (Å²) in [4.78, 5) is 23.5. The maximum atomic E-state index is 11.7. The van der Waals surface area contributed by atoms with Gasteiger partial charge in [-0.3, -0.25) is 10.1 Å². The summed E-state index contributed by atoms with van der Waals surface area (Å²) < 4.78 is 0.825. The maximum Gasteiger partial charge on any atom is 0.353 e. The Morgan fingerprint density at radius 2 is 1.38 bits per heavy atom. The van der Waals surface area contributed by atoms with Crippen molar-refractivity contribution >= 4 is 39.1 Å². The number of halogens is 1. The van der Waals surface area contributed by atoms with Crippen LogP contribution in [0.3, 0.4) is 0 Å². The fourth-order valence-electron chi connectivity index (χ4n) is 3.87. The molecule has 34 heavy (non-hydrogen) atoms. The minimum atomic E-state index is -0.464. The number of pyridine rings is 1. The number of anilines is 3. The molecule has 2 aromatic rings. The molecule has 0 aliphatic rings. The quantitative estimate of drug-likeness (QED) is 0.106. The zero-order valence-corrected chi connectivity index (χ0v) is 22.0. The Morgan fingerprint density at radius 3 is 1.91 bits per heavy atom. The summed E-state index contributed by atoms with van der Waals surface area (Å²) in [6.45, 7) is 2.91. The van der Waals surface area contributed by atoms with E-state index in [1.807, 2.05) is 0 Å². The molecule has 2 heterocycles. The number of nitro groups is 1. The van der Waals surface area contributed by atoms with Gasteiger partial charge in [-0.05, 0) is 34.5 Å². The van der Waals surface area contributed by atoms with Gasteiger partial charge in [-0.25, -0.2) is 15.0 Å². The summed E-state index contributed by atoms with van der Waals surface area (Å²) in [6, 6.07) is 3.52. The summed E-state index contributed by atoms with van der Waals surface area (Å²) in [5.41, 5.74) is -0.169. The molecule has 0 aliphatic carbocycles. The van der Waals surface area contributed by atoms with Gasteiger partial charge in [-0.1, -0.05) is 90.4 Å². The molecule has 0 fully saturated rings. The molecule has 0 spiro atoms. The number of unbranched alkanes of at least 4 members (excludes halogenated alkanes) is 13. The summed E-state index contributed by atoms with van der Waals surface area (Å²) in [7, 11) is 0. The van der Waals surface area contributed by atoms with E-state index in [-0.39, 0.29) is 17.3 Å².